The molecule has 2 aliphatic heterocycles. The van der Waals surface area contributed by atoms with Gasteiger partial charge in [-0.05, 0) is 12.1 Å². The SMILES string of the molecule is Nc1ncnc2c1ncn2[C@@H]1O[C@H](COC(=O)c2ccccc2)C2SC21S. The predicted molar refractivity (Wildman–Crippen MR) is 103 cm³/mol. The first-order chi connectivity index (χ1) is 13.1. The number of esters is 1. The molecule has 2 N–H and O–H groups in total. The van der Waals surface area contributed by atoms with Gasteiger partial charge in [-0.25, -0.2) is 19.7 Å². The molecular weight excluding hydrogens is 386 g/mol. The molecule has 4 heterocycles. The van der Waals surface area contributed by atoms with E-state index in [1.54, 1.807) is 42.4 Å². The summed E-state index contributed by atoms with van der Waals surface area (Å²) in [7, 11) is 0. The first-order valence-corrected chi connectivity index (χ1v) is 9.61. The molecule has 0 bridgehead atoms. The smallest absolute Gasteiger partial charge is 0.338 e. The summed E-state index contributed by atoms with van der Waals surface area (Å²) in [5.74, 6) is -0.0510. The van der Waals surface area contributed by atoms with Crippen molar-refractivity contribution in [1.29, 1.82) is 0 Å². The predicted octanol–water partition coefficient (Wildman–Crippen LogP) is 1.90. The second-order valence-electron chi connectivity index (χ2n) is 6.36. The highest BCUT2D eigenvalue weighted by molar-refractivity contribution is 8.20. The van der Waals surface area contributed by atoms with E-state index in [1.807, 2.05) is 10.6 Å². The third-order valence-electron chi connectivity index (χ3n) is 4.69. The molecule has 27 heavy (non-hydrogen) atoms. The Bertz CT molecular complexity index is 1030. The number of nitrogens with two attached hydrogens (primary N) is 1. The van der Waals surface area contributed by atoms with Crippen LogP contribution in [0.4, 0.5) is 5.82 Å². The lowest BCUT2D eigenvalue weighted by molar-refractivity contribution is -0.0330. The third-order valence-corrected chi connectivity index (χ3v) is 7.19. The van der Waals surface area contributed by atoms with Crippen LogP contribution in [0.5, 0.6) is 0 Å². The van der Waals surface area contributed by atoms with Gasteiger partial charge in [-0.3, -0.25) is 4.57 Å². The molecule has 0 radical (unpaired) electrons. The maximum absolute atomic E-state index is 12.2. The Labute approximate surface area is 163 Å². The van der Waals surface area contributed by atoms with E-state index in [0.717, 1.165) is 0 Å². The summed E-state index contributed by atoms with van der Waals surface area (Å²) in [6, 6.07) is 8.88. The largest absolute Gasteiger partial charge is 0.459 e. The summed E-state index contributed by atoms with van der Waals surface area (Å²) in [6.45, 7) is 0.161. The van der Waals surface area contributed by atoms with Gasteiger partial charge in [-0.15, -0.1) is 11.8 Å². The molecule has 2 saturated heterocycles. The number of anilines is 1. The van der Waals surface area contributed by atoms with Gasteiger partial charge in [0.2, 0.25) is 0 Å². The van der Waals surface area contributed by atoms with Gasteiger partial charge in [0.25, 0.3) is 0 Å². The Hall–Kier alpha value is -2.30. The van der Waals surface area contributed by atoms with E-state index in [1.165, 1.54) is 6.33 Å². The molecule has 2 unspecified atom stereocenters. The quantitative estimate of drug-likeness (QED) is 0.388. The van der Waals surface area contributed by atoms with E-state index in [4.69, 9.17) is 27.8 Å². The number of nitrogens with zero attached hydrogens (tertiary/aromatic N) is 4. The monoisotopic (exact) mass is 401 g/mol. The molecule has 4 atom stereocenters. The Kier molecular flexibility index (Phi) is 3.81. The minimum Gasteiger partial charge on any atom is -0.459 e. The van der Waals surface area contributed by atoms with Crippen LogP contribution in [0.25, 0.3) is 11.2 Å². The van der Waals surface area contributed by atoms with Crippen LogP contribution in [0, 0.1) is 0 Å². The van der Waals surface area contributed by atoms with Crippen LogP contribution in [-0.2, 0) is 9.47 Å². The van der Waals surface area contributed by atoms with Crippen molar-refractivity contribution in [2.75, 3.05) is 12.3 Å². The topological polar surface area (TPSA) is 105 Å². The van der Waals surface area contributed by atoms with Crippen LogP contribution in [-0.4, -0.2) is 47.5 Å². The van der Waals surface area contributed by atoms with Gasteiger partial charge < -0.3 is 15.2 Å². The number of thioether (sulfide) groups is 1. The molecule has 0 amide bonds. The molecule has 0 spiro atoms. The summed E-state index contributed by atoms with van der Waals surface area (Å²) in [6.07, 6.45) is 2.37. The van der Waals surface area contributed by atoms with E-state index < -0.39 is 10.3 Å². The minimum absolute atomic E-state index is 0.117. The minimum atomic E-state index is -0.419. The molecule has 2 aromatic heterocycles. The van der Waals surface area contributed by atoms with Crippen molar-refractivity contribution < 1.29 is 14.3 Å². The normalized spacial score (nSPS) is 28.9. The summed E-state index contributed by atoms with van der Waals surface area (Å²) < 4.78 is 13.0. The van der Waals surface area contributed by atoms with E-state index in [2.05, 4.69) is 15.0 Å². The van der Waals surface area contributed by atoms with Gasteiger partial charge in [0.1, 0.15) is 28.6 Å². The molecular formula is C17H15N5O3S2. The molecule has 0 saturated carbocycles. The number of aromatic nitrogens is 4. The number of rotatable bonds is 4. The number of hydrogen-bond donors (Lipinski definition) is 2. The van der Waals surface area contributed by atoms with Gasteiger partial charge in [-0.1, -0.05) is 18.2 Å². The van der Waals surface area contributed by atoms with Crippen LogP contribution < -0.4 is 5.73 Å². The number of imidazole rings is 1. The van der Waals surface area contributed by atoms with E-state index in [9.17, 15) is 4.79 Å². The Morgan fingerprint density at radius 1 is 1.33 bits per heavy atom. The number of carbonyl (C=O) groups is 1. The average molecular weight is 401 g/mol. The number of hydrogen-bond acceptors (Lipinski definition) is 9. The maximum Gasteiger partial charge on any atom is 0.338 e. The van der Waals surface area contributed by atoms with Gasteiger partial charge in [0.15, 0.2) is 17.7 Å². The first kappa shape index (κ1) is 16.8. The van der Waals surface area contributed by atoms with Crippen LogP contribution in [0.15, 0.2) is 43.0 Å². The summed E-state index contributed by atoms with van der Waals surface area (Å²) in [5, 5.41) is 0.117. The second-order valence-corrected chi connectivity index (χ2v) is 8.83. The number of nitrogen functional groups attached to an aromatic ring is 1. The molecule has 2 aliphatic rings. The molecule has 3 aromatic rings. The van der Waals surface area contributed by atoms with Crippen LogP contribution in [0.2, 0.25) is 0 Å². The highest BCUT2D eigenvalue weighted by atomic mass is 32.2. The van der Waals surface area contributed by atoms with Gasteiger partial charge >= 0.3 is 5.97 Å². The number of thiol groups is 1. The first-order valence-electron chi connectivity index (χ1n) is 8.29. The van der Waals surface area contributed by atoms with Crippen LogP contribution in [0.3, 0.4) is 0 Å². The molecule has 10 heteroatoms. The Morgan fingerprint density at radius 2 is 2.15 bits per heavy atom. The zero-order valence-electron chi connectivity index (χ0n) is 13.9. The van der Waals surface area contributed by atoms with Gasteiger partial charge in [-0.2, -0.15) is 12.6 Å². The van der Waals surface area contributed by atoms with E-state index in [-0.39, 0.29) is 23.9 Å². The fourth-order valence-electron chi connectivity index (χ4n) is 3.29. The summed E-state index contributed by atoms with van der Waals surface area (Å²) in [5.41, 5.74) is 7.49. The van der Waals surface area contributed by atoms with Crippen molar-refractivity contribution in [2.45, 2.75) is 21.7 Å². The van der Waals surface area contributed by atoms with Gasteiger partial charge in [0.05, 0.1) is 17.1 Å². The molecule has 0 aliphatic carbocycles. The highest BCUT2D eigenvalue weighted by Crippen LogP contribution is 2.69. The zero-order valence-corrected chi connectivity index (χ0v) is 15.6. The number of carbonyl (C=O) groups excluding carboxylic acids is 1. The van der Waals surface area contributed by atoms with Gasteiger partial charge in [0, 0.05) is 0 Å². The lowest BCUT2D eigenvalue weighted by atomic mass is 10.2. The molecule has 8 nitrogen and oxygen atoms in total. The maximum atomic E-state index is 12.2. The molecule has 5 rings (SSSR count). The van der Waals surface area contributed by atoms with Crippen LogP contribution >= 0.6 is 24.4 Å². The van der Waals surface area contributed by atoms with Crippen molar-refractivity contribution in [1.82, 2.24) is 19.5 Å². The number of fused-ring (bicyclic) bond motifs is 2. The second kappa shape index (κ2) is 6.11. The standard InChI is InChI=1S/C17H15N5O3S2/c18-13-11-14(20-7-19-13)22(8-21-11)16-17(26)12(27-17)10(25-16)6-24-15(23)9-4-2-1-3-5-9/h1-5,7-8,10,12,16,26H,6H2,(H2,18,19,20)/t10-,12?,16-,17?/m1/s1. The molecule has 1 aromatic carbocycles. The Morgan fingerprint density at radius 3 is 2.96 bits per heavy atom. The summed E-state index contributed by atoms with van der Waals surface area (Å²) in [4.78, 5) is 24.7. The Balaban J connectivity index is 1.34. The van der Waals surface area contributed by atoms with Crippen molar-refractivity contribution in [3.63, 3.8) is 0 Å². The lowest BCUT2D eigenvalue weighted by Crippen LogP contribution is -2.24. The molecule has 138 valence electrons. The lowest BCUT2D eigenvalue weighted by Gasteiger charge is -2.21. The molecule has 2 fully saturated rings. The van der Waals surface area contributed by atoms with Crippen molar-refractivity contribution in [3.8, 4) is 0 Å². The summed E-state index contributed by atoms with van der Waals surface area (Å²) >= 11 is 6.48. The van der Waals surface area contributed by atoms with E-state index in [0.29, 0.717) is 22.5 Å². The fourth-order valence-corrected chi connectivity index (χ4v) is 5.17. The third kappa shape index (κ3) is 2.67. The van der Waals surface area contributed by atoms with Crippen LogP contribution in [0.1, 0.15) is 16.6 Å². The highest BCUT2D eigenvalue weighted by Gasteiger charge is 2.69. The van der Waals surface area contributed by atoms with Crippen molar-refractivity contribution in [3.05, 3.63) is 48.5 Å². The fraction of sp³-hybridized carbons (Fsp3) is 0.294. The van der Waals surface area contributed by atoms with E-state index >= 15 is 0 Å². The van der Waals surface area contributed by atoms with Crippen molar-refractivity contribution >= 4 is 47.3 Å². The number of benzene rings is 1. The van der Waals surface area contributed by atoms with Crippen molar-refractivity contribution in [2.24, 2.45) is 0 Å². The number of ether oxygens (including phenoxy) is 2. The zero-order chi connectivity index (χ0) is 18.6. The average Bonchev–Trinajstić information content (AvgIpc) is 3.07.